The Kier molecular flexibility index (Phi) is 3.96. The molecule has 0 amide bonds. The van der Waals surface area contributed by atoms with E-state index in [9.17, 15) is 8.78 Å². The van der Waals surface area contributed by atoms with Crippen molar-refractivity contribution in [3.63, 3.8) is 0 Å². The summed E-state index contributed by atoms with van der Waals surface area (Å²) in [7, 11) is 0. The second-order valence-corrected chi connectivity index (χ2v) is 4.92. The summed E-state index contributed by atoms with van der Waals surface area (Å²) in [6.45, 7) is 0.634. The topological polar surface area (TPSA) is 61.3 Å². The van der Waals surface area contributed by atoms with Crippen molar-refractivity contribution in [3.8, 4) is 17.0 Å². The Hall–Kier alpha value is -2.18. The van der Waals surface area contributed by atoms with Crippen molar-refractivity contribution < 1.29 is 18.0 Å². The fourth-order valence-corrected chi connectivity index (χ4v) is 2.36. The Bertz CT molecular complexity index is 836. The van der Waals surface area contributed by atoms with E-state index in [2.05, 4.69) is 5.16 Å². The van der Waals surface area contributed by atoms with Gasteiger partial charge in [-0.2, -0.15) is 0 Å². The Balaban J connectivity index is 2.13. The zero-order chi connectivity index (χ0) is 15.7. The van der Waals surface area contributed by atoms with E-state index in [1.807, 2.05) is 0 Å². The van der Waals surface area contributed by atoms with Crippen molar-refractivity contribution in [1.82, 2.24) is 5.16 Å². The molecule has 0 spiro atoms. The minimum atomic E-state index is -0.601. The molecule has 2 aromatic carbocycles. The highest BCUT2D eigenvalue weighted by atomic mass is 35.5. The highest BCUT2D eigenvalue weighted by Crippen LogP contribution is 2.38. The van der Waals surface area contributed by atoms with Crippen LogP contribution >= 0.6 is 11.6 Å². The lowest BCUT2D eigenvalue weighted by molar-refractivity contribution is 0.328. The molecular formula is C15H11ClF2N2O2. The number of hydrogen-bond acceptors (Lipinski definition) is 4. The minimum Gasteiger partial charge on any atom is -0.491 e. The van der Waals surface area contributed by atoms with Crippen molar-refractivity contribution in [2.75, 3.05) is 13.2 Å². The second kappa shape index (κ2) is 5.90. The third-order valence-electron chi connectivity index (χ3n) is 3.10. The zero-order valence-electron chi connectivity index (χ0n) is 11.3. The number of fused-ring (bicyclic) bond motifs is 1. The van der Waals surface area contributed by atoms with Gasteiger partial charge in [0.2, 0.25) is 0 Å². The molecule has 0 aliphatic heterocycles. The van der Waals surface area contributed by atoms with Gasteiger partial charge in [-0.25, -0.2) is 8.78 Å². The standard InChI is InChI=1S/C15H11ClF2N2O2/c16-13-12(21-6-5-19)4-2-9-14(20-22-15(9)13)10-7-8(17)1-3-11(10)18/h1-4,7H,5-6,19H2. The zero-order valence-corrected chi connectivity index (χ0v) is 12.0. The molecule has 2 N–H and O–H groups in total. The third-order valence-corrected chi connectivity index (χ3v) is 3.46. The van der Waals surface area contributed by atoms with E-state index in [1.54, 1.807) is 12.1 Å². The molecule has 0 saturated carbocycles. The SMILES string of the molecule is NCCOc1ccc2c(-c3cc(F)ccc3F)noc2c1Cl. The maximum atomic E-state index is 13.9. The molecule has 3 aromatic rings. The summed E-state index contributed by atoms with van der Waals surface area (Å²) in [4.78, 5) is 0. The van der Waals surface area contributed by atoms with Crippen LogP contribution in [-0.2, 0) is 0 Å². The smallest absolute Gasteiger partial charge is 0.189 e. The largest absolute Gasteiger partial charge is 0.491 e. The van der Waals surface area contributed by atoms with E-state index in [0.29, 0.717) is 24.3 Å². The molecule has 0 bridgehead atoms. The van der Waals surface area contributed by atoms with Gasteiger partial charge in [0.25, 0.3) is 0 Å². The maximum Gasteiger partial charge on any atom is 0.189 e. The van der Waals surface area contributed by atoms with Gasteiger partial charge >= 0.3 is 0 Å². The lowest BCUT2D eigenvalue weighted by Gasteiger charge is -2.06. The number of benzene rings is 2. The normalized spacial score (nSPS) is 11.1. The van der Waals surface area contributed by atoms with Crippen LogP contribution in [0.1, 0.15) is 0 Å². The summed E-state index contributed by atoms with van der Waals surface area (Å²) in [5.41, 5.74) is 5.80. The van der Waals surface area contributed by atoms with E-state index >= 15 is 0 Å². The molecule has 3 rings (SSSR count). The van der Waals surface area contributed by atoms with E-state index in [-0.39, 0.29) is 21.9 Å². The first-order valence-corrected chi connectivity index (χ1v) is 6.85. The monoisotopic (exact) mass is 324 g/mol. The molecule has 4 nitrogen and oxygen atoms in total. The average Bonchev–Trinajstić information content (AvgIpc) is 2.94. The van der Waals surface area contributed by atoms with Crippen LogP contribution in [0.3, 0.4) is 0 Å². The van der Waals surface area contributed by atoms with E-state index in [4.69, 9.17) is 26.6 Å². The van der Waals surface area contributed by atoms with Gasteiger partial charge in [-0.3, -0.25) is 0 Å². The van der Waals surface area contributed by atoms with Crippen LogP contribution in [0, 0.1) is 11.6 Å². The predicted molar refractivity (Wildman–Crippen MR) is 78.9 cm³/mol. The van der Waals surface area contributed by atoms with Crippen molar-refractivity contribution in [3.05, 3.63) is 47.0 Å². The van der Waals surface area contributed by atoms with Gasteiger partial charge in [0.15, 0.2) is 5.58 Å². The van der Waals surface area contributed by atoms with Crippen LogP contribution in [0.4, 0.5) is 8.78 Å². The van der Waals surface area contributed by atoms with Crippen molar-refractivity contribution in [1.29, 1.82) is 0 Å². The van der Waals surface area contributed by atoms with Crippen LogP contribution in [0.25, 0.3) is 22.2 Å². The van der Waals surface area contributed by atoms with Crippen LogP contribution in [0.5, 0.6) is 5.75 Å². The Morgan fingerprint density at radius 2 is 2.05 bits per heavy atom. The van der Waals surface area contributed by atoms with Gasteiger partial charge in [-0.05, 0) is 30.3 Å². The molecular weight excluding hydrogens is 314 g/mol. The van der Waals surface area contributed by atoms with Crippen molar-refractivity contribution in [2.45, 2.75) is 0 Å². The highest BCUT2D eigenvalue weighted by Gasteiger charge is 2.19. The van der Waals surface area contributed by atoms with Crippen LogP contribution in [-0.4, -0.2) is 18.3 Å². The molecule has 0 radical (unpaired) electrons. The molecule has 0 saturated heterocycles. The molecule has 1 aromatic heterocycles. The number of aromatic nitrogens is 1. The summed E-state index contributed by atoms with van der Waals surface area (Å²) in [5.74, 6) is -0.778. The van der Waals surface area contributed by atoms with Gasteiger partial charge in [0, 0.05) is 12.1 Å². The average molecular weight is 325 g/mol. The Morgan fingerprint density at radius 3 is 2.82 bits per heavy atom. The molecule has 7 heteroatoms. The summed E-state index contributed by atoms with van der Waals surface area (Å²) in [5, 5.41) is 4.48. The lowest BCUT2D eigenvalue weighted by Crippen LogP contribution is -2.10. The number of nitrogens with two attached hydrogens (primary N) is 1. The first kappa shape index (κ1) is 14.7. The van der Waals surface area contributed by atoms with Crippen LogP contribution < -0.4 is 10.5 Å². The Morgan fingerprint density at radius 1 is 1.23 bits per heavy atom. The summed E-state index contributed by atoms with van der Waals surface area (Å²) in [6, 6.07) is 6.36. The summed E-state index contributed by atoms with van der Waals surface area (Å²) in [6.07, 6.45) is 0. The molecule has 0 aliphatic carbocycles. The Labute approximate surface area is 129 Å². The molecule has 22 heavy (non-hydrogen) atoms. The number of ether oxygens (including phenoxy) is 1. The molecule has 0 atom stereocenters. The van der Waals surface area contributed by atoms with Crippen molar-refractivity contribution >= 4 is 22.6 Å². The van der Waals surface area contributed by atoms with Gasteiger partial charge in [-0.15, -0.1) is 0 Å². The summed E-state index contributed by atoms with van der Waals surface area (Å²) < 4.78 is 37.8. The quantitative estimate of drug-likeness (QED) is 0.793. The van der Waals surface area contributed by atoms with Gasteiger partial charge in [-0.1, -0.05) is 16.8 Å². The number of hydrogen-bond donors (Lipinski definition) is 1. The number of halogens is 3. The number of nitrogens with zero attached hydrogens (tertiary/aromatic N) is 1. The fourth-order valence-electron chi connectivity index (χ4n) is 2.11. The molecule has 0 unspecified atom stereocenters. The maximum absolute atomic E-state index is 13.9. The molecule has 0 fully saturated rings. The molecule has 1 heterocycles. The van der Waals surface area contributed by atoms with Crippen LogP contribution in [0.2, 0.25) is 5.02 Å². The summed E-state index contributed by atoms with van der Waals surface area (Å²) >= 11 is 6.18. The first-order chi connectivity index (χ1) is 10.6. The van der Waals surface area contributed by atoms with Crippen LogP contribution in [0.15, 0.2) is 34.9 Å². The highest BCUT2D eigenvalue weighted by molar-refractivity contribution is 6.36. The lowest BCUT2D eigenvalue weighted by atomic mass is 10.1. The third kappa shape index (κ3) is 2.51. The number of rotatable bonds is 4. The van der Waals surface area contributed by atoms with Crippen molar-refractivity contribution in [2.24, 2.45) is 5.73 Å². The first-order valence-electron chi connectivity index (χ1n) is 6.48. The van der Waals surface area contributed by atoms with E-state index < -0.39 is 11.6 Å². The van der Waals surface area contributed by atoms with E-state index in [1.165, 1.54) is 0 Å². The predicted octanol–water partition coefficient (Wildman–Crippen LogP) is 3.76. The second-order valence-electron chi connectivity index (χ2n) is 4.55. The van der Waals surface area contributed by atoms with Gasteiger partial charge < -0.3 is 15.0 Å². The van der Waals surface area contributed by atoms with E-state index in [0.717, 1.165) is 18.2 Å². The molecule has 114 valence electrons. The van der Waals surface area contributed by atoms with Gasteiger partial charge in [0.05, 0.1) is 5.39 Å². The minimum absolute atomic E-state index is 0.00504. The van der Waals surface area contributed by atoms with Gasteiger partial charge in [0.1, 0.15) is 34.7 Å². The molecule has 0 aliphatic rings. The fraction of sp³-hybridized carbons (Fsp3) is 0.133.